The van der Waals surface area contributed by atoms with Crippen LogP contribution >= 0.6 is 0 Å². The van der Waals surface area contributed by atoms with E-state index in [4.69, 9.17) is 18.9 Å². The Morgan fingerprint density at radius 2 is 1.63 bits per heavy atom. The Morgan fingerprint density at radius 3 is 2.10 bits per heavy atom. The number of nitrogens with one attached hydrogen (secondary N) is 1. The van der Waals surface area contributed by atoms with Crippen LogP contribution in [0.25, 0.3) is 0 Å². The monoisotopic (exact) mass is 422 g/mol. The summed E-state index contributed by atoms with van der Waals surface area (Å²) in [6.07, 6.45) is 3.66. The van der Waals surface area contributed by atoms with Gasteiger partial charge in [0.1, 0.15) is 11.5 Å². The molecule has 1 aromatic carbocycles. The predicted molar refractivity (Wildman–Crippen MR) is 118 cm³/mol. The fourth-order valence-electron chi connectivity index (χ4n) is 3.69. The molecule has 30 heavy (non-hydrogen) atoms. The van der Waals surface area contributed by atoms with Crippen LogP contribution in [0, 0.1) is 0 Å². The standard InChI is InChI=1S/C23H38N2O5/c1-18(2)25(20-8-5-9-24-17-20)23(26)19-14-21(29-12-6-10-27-3)16-22(15-19)30-13-7-11-28-4/h14-16,18,20,24H,5-13,17H2,1-4H3. The van der Waals surface area contributed by atoms with Crippen molar-refractivity contribution in [3.63, 3.8) is 0 Å². The number of ether oxygens (including phenoxy) is 4. The molecule has 0 aliphatic carbocycles. The van der Waals surface area contributed by atoms with Crippen LogP contribution in [0.5, 0.6) is 11.5 Å². The van der Waals surface area contributed by atoms with Gasteiger partial charge in [0, 0.05) is 70.5 Å². The average Bonchev–Trinajstić information content (AvgIpc) is 2.75. The molecule has 1 amide bonds. The molecule has 0 saturated carbocycles. The molecule has 1 heterocycles. The zero-order valence-electron chi connectivity index (χ0n) is 18.9. The summed E-state index contributed by atoms with van der Waals surface area (Å²) in [5.74, 6) is 1.30. The van der Waals surface area contributed by atoms with E-state index in [0.29, 0.717) is 43.5 Å². The Morgan fingerprint density at radius 1 is 1.03 bits per heavy atom. The van der Waals surface area contributed by atoms with E-state index < -0.39 is 0 Å². The highest BCUT2D eigenvalue weighted by molar-refractivity contribution is 5.95. The first-order chi connectivity index (χ1) is 14.6. The van der Waals surface area contributed by atoms with E-state index in [1.807, 2.05) is 23.1 Å². The van der Waals surface area contributed by atoms with Gasteiger partial charge >= 0.3 is 0 Å². The summed E-state index contributed by atoms with van der Waals surface area (Å²) in [7, 11) is 3.34. The first-order valence-electron chi connectivity index (χ1n) is 11.0. The Bertz CT molecular complexity index is 602. The van der Waals surface area contributed by atoms with Crippen molar-refractivity contribution in [1.29, 1.82) is 0 Å². The van der Waals surface area contributed by atoms with Crippen molar-refractivity contribution in [3.05, 3.63) is 23.8 Å². The lowest BCUT2D eigenvalue weighted by atomic mass is 10.0. The summed E-state index contributed by atoms with van der Waals surface area (Å²) < 4.78 is 21.9. The van der Waals surface area contributed by atoms with Gasteiger partial charge in [-0.25, -0.2) is 0 Å². The molecule has 0 radical (unpaired) electrons. The van der Waals surface area contributed by atoms with Crippen LogP contribution in [-0.2, 0) is 9.47 Å². The molecule has 1 aliphatic rings. The number of carbonyl (C=O) groups is 1. The number of carbonyl (C=O) groups excluding carboxylic acids is 1. The van der Waals surface area contributed by atoms with Crippen molar-refractivity contribution in [1.82, 2.24) is 10.2 Å². The Balaban J connectivity index is 2.19. The molecule has 0 aromatic heterocycles. The number of benzene rings is 1. The molecule has 1 fully saturated rings. The van der Waals surface area contributed by atoms with E-state index >= 15 is 0 Å². The van der Waals surface area contributed by atoms with Crippen molar-refractivity contribution < 1.29 is 23.7 Å². The number of hydrogen-bond acceptors (Lipinski definition) is 6. The molecule has 1 saturated heterocycles. The summed E-state index contributed by atoms with van der Waals surface area (Å²) in [6, 6.07) is 5.80. The highest BCUT2D eigenvalue weighted by atomic mass is 16.5. The number of hydrogen-bond donors (Lipinski definition) is 1. The van der Waals surface area contributed by atoms with Gasteiger partial charge < -0.3 is 29.2 Å². The predicted octanol–water partition coefficient (Wildman–Crippen LogP) is 3.12. The van der Waals surface area contributed by atoms with Crippen molar-refractivity contribution in [2.75, 3.05) is 53.7 Å². The molecule has 1 aromatic rings. The first-order valence-corrected chi connectivity index (χ1v) is 11.0. The molecule has 7 nitrogen and oxygen atoms in total. The molecule has 1 N–H and O–H groups in total. The van der Waals surface area contributed by atoms with Crippen LogP contribution < -0.4 is 14.8 Å². The first kappa shape index (κ1) is 24.4. The van der Waals surface area contributed by atoms with Gasteiger partial charge in [-0.3, -0.25) is 4.79 Å². The lowest BCUT2D eigenvalue weighted by Gasteiger charge is -2.37. The molecular formula is C23H38N2O5. The second kappa shape index (κ2) is 13.5. The Labute approximate surface area is 181 Å². The maximum absolute atomic E-state index is 13.5. The van der Waals surface area contributed by atoms with Crippen molar-refractivity contribution in [2.45, 2.75) is 51.6 Å². The van der Waals surface area contributed by atoms with Gasteiger partial charge in [-0.2, -0.15) is 0 Å². The molecule has 1 atom stereocenters. The SMILES string of the molecule is COCCCOc1cc(OCCCOC)cc(C(=O)N(C(C)C)C2CCCNC2)c1. The number of piperidine rings is 1. The van der Waals surface area contributed by atoms with Crippen molar-refractivity contribution in [2.24, 2.45) is 0 Å². The minimum Gasteiger partial charge on any atom is -0.493 e. The lowest BCUT2D eigenvalue weighted by molar-refractivity contribution is 0.0572. The molecule has 170 valence electrons. The summed E-state index contributed by atoms with van der Waals surface area (Å²) in [6.45, 7) is 8.30. The zero-order chi connectivity index (χ0) is 21.8. The number of amides is 1. The van der Waals surface area contributed by atoms with Crippen LogP contribution in [0.3, 0.4) is 0 Å². The van der Waals surface area contributed by atoms with Crippen LogP contribution in [0.4, 0.5) is 0 Å². The van der Waals surface area contributed by atoms with Gasteiger partial charge in [0.15, 0.2) is 0 Å². The van der Waals surface area contributed by atoms with Gasteiger partial charge in [0.05, 0.1) is 13.2 Å². The van der Waals surface area contributed by atoms with E-state index in [0.717, 1.165) is 38.8 Å². The topological polar surface area (TPSA) is 69.3 Å². The minimum atomic E-state index is 0.0165. The quantitative estimate of drug-likeness (QED) is 0.493. The molecule has 7 heteroatoms. The van der Waals surface area contributed by atoms with Gasteiger partial charge in [-0.15, -0.1) is 0 Å². The summed E-state index contributed by atoms with van der Waals surface area (Å²) in [5, 5.41) is 3.41. The summed E-state index contributed by atoms with van der Waals surface area (Å²) in [4.78, 5) is 15.5. The van der Waals surface area contributed by atoms with Crippen LogP contribution in [0.15, 0.2) is 18.2 Å². The third-order valence-electron chi connectivity index (χ3n) is 5.11. The fraction of sp³-hybridized carbons (Fsp3) is 0.696. The molecule has 2 rings (SSSR count). The lowest BCUT2D eigenvalue weighted by Crippen LogP contribution is -2.51. The highest BCUT2D eigenvalue weighted by Crippen LogP contribution is 2.26. The molecule has 0 bridgehead atoms. The number of rotatable bonds is 13. The smallest absolute Gasteiger partial charge is 0.254 e. The third-order valence-corrected chi connectivity index (χ3v) is 5.11. The second-order valence-electron chi connectivity index (χ2n) is 7.89. The van der Waals surface area contributed by atoms with E-state index in [2.05, 4.69) is 19.2 Å². The van der Waals surface area contributed by atoms with Gasteiger partial charge in [0.25, 0.3) is 5.91 Å². The second-order valence-corrected chi connectivity index (χ2v) is 7.89. The number of methoxy groups -OCH3 is 2. The normalized spacial score (nSPS) is 16.5. The fourth-order valence-corrected chi connectivity index (χ4v) is 3.69. The average molecular weight is 423 g/mol. The van der Waals surface area contributed by atoms with Crippen molar-refractivity contribution in [3.8, 4) is 11.5 Å². The summed E-state index contributed by atoms with van der Waals surface area (Å²) in [5.41, 5.74) is 0.597. The Kier molecular flexibility index (Phi) is 11.0. The van der Waals surface area contributed by atoms with Crippen LogP contribution in [-0.4, -0.2) is 76.6 Å². The summed E-state index contributed by atoms with van der Waals surface area (Å²) >= 11 is 0. The molecular weight excluding hydrogens is 384 g/mol. The maximum atomic E-state index is 13.5. The third kappa shape index (κ3) is 7.78. The number of nitrogens with zero attached hydrogens (tertiary/aromatic N) is 1. The molecule has 1 unspecified atom stereocenters. The van der Waals surface area contributed by atoms with Gasteiger partial charge in [-0.1, -0.05) is 0 Å². The van der Waals surface area contributed by atoms with E-state index in [1.165, 1.54) is 0 Å². The molecule has 0 spiro atoms. The van der Waals surface area contributed by atoms with Crippen molar-refractivity contribution >= 4 is 5.91 Å². The highest BCUT2D eigenvalue weighted by Gasteiger charge is 2.29. The zero-order valence-corrected chi connectivity index (χ0v) is 18.9. The minimum absolute atomic E-state index is 0.0165. The van der Waals surface area contributed by atoms with Gasteiger partial charge in [-0.05, 0) is 45.4 Å². The van der Waals surface area contributed by atoms with E-state index in [1.54, 1.807) is 14.2 Å². The van der Waals surface area contributed by atoms with E-state index in [9.17, 15) is 4.79 Å². The Hall–Kier alpha value is -1.83. The van der Waals surface area contributed by atoms with Gasteiger partial charge in [0.2, 0.25) is 0 Å². The molecule has 1 aliphatic heterocycles. The van der Waals surface area contributed by atoms with Crippen LogP contribution in [0.1, 0.15) is 49.9 Å². The van der Waals surface area contributed by atoms with E-state index in [-0.39, 0.29) is 18.0 Å². The van der Waals surface area contributed by atoms with Crippen LogP contribution in [0.2, 0.25) is 0 Å². The largest absolute Gasteiger partial charge is 0.493 e. The maximum Gasteiger partial charge on any atom is 0.254 e.